The highest BCUT2D eigenvalue weighted by atomic mass is 79.9. The van der Waals surface area contributed by atoms with Gasteiger partial charge in [0.2, 0.25) is 15.9 Å². The SMILES string of the molecule is CC(=O)Nc1cccc(C(C)NS(=O)(=O)c2cc(Br)ccc2F)c1. The molecule has 1 atom stereocenters. The summed E-state index contributed by atoms with van der Waals surface area (Å²) >= 11 is 3.13. The minimum atomic E-state index is -4.04. The highest BCUT2D eigenvalue weighted by Gasteiger charge is 2.22. The van der Waals surface area contributed by atoms with E-state index in [1.165, 1.54) is 19.1 Å². The quantitative estimate of drug-likeness (QED) is 0.784. The van der Waals surface area contributed by atoms with Crippen LogP contribution in [-0.2, 0) is 14.8 Å². The average Bonchev–Trinajstić information content (AvgIpc) is 2.48. The topological polar surface area (TPSA) is 75.3 Å². The van der Waals surface area contributed by atoms with E-state index in [2.05, 4.69) is 26.0 Å². The molecule has 0 aliphatic carbocycles. The first kappa shape index (κ1) is 18.6. The number of anilines is 1. The maximum atomic E-state index is 13.8. The monoisotopic (exact) mass is 414 g/mol. The highest BCUT2D eigenvalue weighted by Crippen LogP contribution is 2.23. The molecule has 5 nitrogen and oxygen atoms in total. The van der Waals surface area contributed by atoms with Crippen LogP contribution in [0.1, 0.15) is 25.5 Å². The largest absolute Gasteiger partial charge is 0.326 e. The predicted octanol–water partition coefficient (Wildman–Crippen LogP) is 3.59. The standard InChI is InChI=1S/C16H16BrFN2O3S/c1-10(12-4-3-5-14(8-12)19-11(2)21)20-24(22,23)16-9-13(17)6-7-15(16)18/h3-10,20H,1-2H3,(H,19,21). The number of carbonyl (C=O) groups is 1. The molecule has 0 bridgehead atoms. The first-order valence-electron chi connectivity index (χ1n) is 7.04. The van der Waals surface area contributed by atoms with Gasteiger partial charge in [-0.3, -0.25) is 4.79 Å². The number of benzene rings is 2. The number of rotatable bonds is 5. The van der Waals surface area contributed by atoms with E-state index in [1.54, 1.807) is 31.2 Å². The van der Waals surface area contributed by atoms with Gasteiger partial charge in [0, 0.05) is 23.1 Å². The second kappa shape index (κ2) is 7.42. The second-order valence-corrected chi connectivity index (χ2v) is 7.82. The number of amides is 1. The Hall–Kier alpha value is -1.77. The Morgan fingerprint density at radius 3 is 2.58 bits per heavy atom. The van der Waals surface area contributed by atoms with Crippen molar-refractivity contribution in [3.63, 3.8) is 0 Å². The Morgan fingerprint density at radius 2 is 1.92 bits per heavy atom. The van der Waals surface area contributed by atoms with Crippen molar-refractivity contribution in [3.8, 4) is 0 Å². The molecule has 2 aromatic carbocycles. The number of nitrogens with one attached hydrogen (secondary N) is 2. The fourth-order valence-corrected chi connectivity index (χ4v) is 3.98. The molecule has 0 saturated carbocycles. The van der Waals surface area contributed by atoms with Crippen LogP contribution in [0.25, 0.3) is 0 Å². The summed E-state index contributed by atoms with van der Waals surface area (Å²) in [7, 11) is -4.04. The molecule has 2 aromatic rings. The first-order valence-corrected chi connectivity index (χ1v) is 9.31. The zero-order valence-corrected chi connectivity index (χ0v) is 15.4. The molecule has 0 aliphatic rings. The van der Waals surface area contributed by atoms with E-state index < -0.39 is 26.8 Å². The van der Waals surface area contributed by atoms with Crippen LogP contribution in [0.2, 0.25) is 0 Å². The molecule has 2 N–H and O–H groups in total. The predicted molar refractivity (Wildman–Crippen MR) is 93.6 cm³/mol. The number of hydrogen-bond donors (Lipinski definition) is 2. The van der Waals surface area contributed by atoms with E-state index in [0.717, 1.165) is 6.07 Å². The van der Waals surface area contributed by atoms with Crippen molar-refractivity contribution in [2.45, 2.75) is 24.8 Å². The van der Waals surface area contributed by atoms with Gasteiger partial charge in [0.15, 0.2) is 0 Å². The lowest BCUT2D eigenvalue weighted by Gasteiger charge is -2.16. The molecular weight excluding hydrogens is 399 g/mol. The zero-order chi connectivity index (χ0) is 17.9. The third kappa shape index (κ3) is 4.62. The van der Waals surface area contributed by atoms with Crippen molar-refractivity contribution in [2.24, 2.45) is 0 Å². The fourth-order valence-electron chi connectivity index (χ4n) is 2.14. The van der Waals surface area contributed by atoms with Crippen LogP contribution in [0, 0.1) is 5.82 Å². The molecule has 1 unspecified atom stereocenters. The Balaban J connectivity index is 2.26. The molecule has 0 saturated heterocycles. The molecule has 8 heteroatoms. The Labute approximate surface area is 148 Å². The summed E-state index contributed by atoms with van der Waals surface area (Å²) in [6.45, 7) is 3.02. The molecule has 0 spiro atoms. The summed E-state index contributed by atoms with van der Waals surface area (Å²) in [5.41, 5.74) is 1.19. The van der Waals surface area contributed by atoms with Crippen molar-refractivity contribution < 1.29 is 17.6 Å². The van der Waals surface area contributed by atoms with Crippen LogP contribution in [0.15, 0.2) is 51.8 Å². The van der Waals surface area contributed by atoms with Crippen LogP contribution in [0.5, 0.6) is 0 Å². The third-order valence-electron chi connectivity index (χ3n) is 3.22. The van der Waals surface area contributed by atoms with Gasteiger partial charge in [-0.15, -0.1) is 0 Å². The van der Waals surface area contributed by atoms with Crippen molar-refractivity contribution in [3.05, 3.63) is 58.3 Å². The molecule has 128 valence electrons. The number of sulfonamides is 1. The normalized spacial score (nSPS) is 12.7. The molecule has 2 rings (SSSR count). The van der Waals surface area contributed by atoms with Gasteiger partial charge in [0.1, 0.15) is 10.7 Å². The summed E-state index contributed by atoms with van der Waals surface area (Å²) in [4.78, 5) is 10.7. The van der Waals surface area contributed by atoms with Crippen molar-refractivity contribution in [2.75, 3.05) is 5.32 Å². The number of halogens is 2. The van der Waals surface area contributed by atoms with Crippen molar-refractivity contribution >= 4 is 37.5 Å². The van der Waals surface area contributed by atoms with Crippen LogP contribution in [0.4, 0.5) is 10.1 Å². The van der Waals surface area contributed by atoms with Gasteiger partial charge in [0.25, 0.3) is 0 Å². The van der Waals surface area contributed by atoms with Gasteiger partial charge in [-0.2, -0.15) is 0 Å². The van der Waals surface area contributed by atoms with Gasteiger partial charge in [-0.1, -0.05) is 28.1 Å². The van der Waals surface area contributed by atoms with E-state index in [0.29, 0.717) is 15.7 Å². The van der Waals surface area contributed by atoms with Crippen LogP contribution >= 0.6 is 15.9 Å². The molecule has 24 heavy (non-hydrogen) atoms. The molecular formula is C16H16BrFN2O3S. The van der Waals surface area contributed by atoms with E-state index in [1.807, 2.05) is 0 Å². The molecule has 1 amide bonds. The van der Waals surface area contributed by atoms with E-state index >= 15 is 0 Å². The first-order chi connectivity index (χ1) is 11.2. The van der Waals surface area contributed by atoms with E-state index in [9.17, 15) is 17.6 Å². The van der Waals surface area contributed by atoms with Gasteiger partial charge in [-0.05, 0) is 42.8 Å². The summed E-state index contributed by atoms with van der Waals surface area (Å²) in [6, 6.07) is 9.88. The third-order valence-corrected chi connectivity index (χ3v) is 5.27. The fraction of sp³-hybridized carbons (Fsp3) is 0.188. The molecule has 0 heterocycles. The van der Waals surface area contributed by atoms with Gasteiger partial charge >= 0.3 is 0 Å². The second-order valence-electron chi connectivity index (χ2n) is 5.22. The lowest BCUT2D eigenvalue weighted by atomic mass is 10.1. The Kier molecular flexibility index (Phi) is 5.74. The van der Waals surface area contributed by atoms with Crippen molar-refractivity contribution in [1.82, 2.24) is 4.72 Å². The lowest BCUT2D eigenvalue weighted by Crippen LogP contribution is -2.27. The van der Waals surface area contributed by atoms with Gasteiger partial charge in [0.05, 0.1) is 0 Å². The molecule has 0 aromatic heterocycles. The summed E-state index contributed by atoms with van der Waals surface area (Å²) in [5, 5.41) is 2.63. The highest BCUT2D eigenvalue weighted by molar-refractivity contribution is 9.10. The number of hydrogen-bond acceptors (Lipinski definition) is 3. The Morgan fingerprint density at radius 1 is 1.21 bits per heavy atom. The zero-order valence-electron chi connectivity index (χ0n) is 13.0. The maximum Gasteiger partial charge on any atom is 0.244 e. The lowest BCUT2D eigenvalue weighted by molar-refractivity contribution is -0.114. The maximum absolute atomic E-state index is 13.8. The van der Waals surface area contributed by atoms with E-state index in [4.69, 9.17) is 0 Å². The Bertz CT molecular complexity index is 871. The van der Waals surface area contributed by atoms with Crippen molar-refractivity contribution in [1.29, 1.82) is 0 Å². The minimum Gasteiger partial charge on any atom is -0.326 e. The average molecular weight is 415 g/mol. The minimum absolute atomic E-state index is 0.225. The van der Waals surface area contributed by atoms with Crippen LogP contribution in [-0.4, -0.2) is 14.3 Å². The smallest absolute Gasteiger partial charge is 0.244 e. The summed E-state index contributed by atoms with van der Waals surface area (Å²) < 4.78 is 41.6. The number of carbonyl (C=O) groups excluding carboxylic acids is 1. The van der Waals surface area contributed by atoms with Gasteiger partial charge in [-0.25, -0.2) is 17.5 Å². The van der Waals surface area contributed by atoms with Gasteiger partial charge < -0.3 is 5.32 Å². The summed E-state index contributed by atoms with van der Waals surface area (Å²) in [6.07, 6.45) is 0. The molecule has 0 fully saturated rings. The molecule has 0 aliphatic heterocycles. The van der Waals surface area contributed by atoms with Crippen LogP contribution in [0.3, 0.4) is 0 Å². The van der Waals surface area contributed by atoms with Crippen LogP contribution < -0.4 is 10.0 Å². The summed E-state index contributed by atoms with van der Waals surface area (Å²) in [5.74, 6) is -1.05. The van der Waals surface area contributed by atoms with E-state index in [-0.39, 0.29) is 5.91 Å². The molecule has 0 radical (unpaired) electrons.